The van der Waals surface area contributed by atoms with Crippen LogP contribution in [0.15, 0.2) is 0 Å². The minimum absolute atomic E-state index is 0.117. The summed E-state index contributed by atoms with van der Waals surface area (Å²) in [5.41, 5.74) is 2.02. The number of hydroxylamine groups is 1. The highest BCUT2D eigenvalue weighted by Crippen LogP contribution is 1.79. The van der Waals surface area contributed by atoms with Gasteiger partial charge in [0.15, 0.2) is 0 Å². The Balaban J connectivity index is 3.39. The number of Topliss-reactive ketones (excluding diaryl/α,β-unsaturated/α-hetero) is 1. The van der Waals surface area contributed by atoms with Gasteiger partial charge in [-0.25, -0.2) is 5.48 Å². The van der Waals surface area contributed by atoms with E-state index in [0.29, 0.717) is 0 Å². The minimum Gasteiger partial charge on any atom is -0.299 e. The molecular weight excluding hydrogens is 122 g/mol. The third-order valence-corrected chi connectivity index (χ3v) is 0.625. The molecule has 0 bridgehead atoms. The summed E-state index contributed by atoms with van der Waals surface area (Å²) in [6, 6.07) is 0. The average molecular weight is 131 g/mol. The zero-order valence-corrected chi connectivity index (χ0v) is 5.43. The molecule has 0 radical (unpaired) electrons. The molecule has 0 aliphatic carbocycles. The van der Waals surface area contributed by atoms with Crippen LogP contribution >= 0.6 is 0 Å². The van der Waals surface area contributed by atoms with Crippen LogP contribution in [0, 0.1) is 0 Å². The topological polar surface area (TPSA) is 55.4 Å². The molecule has 0 aliphatic rings. The van der Waals surface area contributed by atoms with E-state index in [4.69, 9.17) is 0 Å². The van der Waals surface area contributed by atoms with Crippen LogP contribution in [0.25, 0.3) is 0 Å². The molecule has 52 valence electrons. The quantitative estimate of drug-likeness (QED) is 0.420. The molecule has 4 heteroatoms. The highest BCUT2D eigenvalue weighted by molar-refractivity contribution is 5.96. The largest absolute Gasteiger partial charge is 0.299 e. The summed E-state index contributed by atoms with van der Waals surface area (Å²) >= 11 is 0. The van der Waals surface area contributed by atoms with Crippen LogP contribution in [0.4, 0.5) is 0 Å². The lowest BCUT2D eigenvalue weighted by Gasteiger charge is -1.96. The smallest absolute Gasteiger partial charge is 0.250 e. The maximum Gasteiger partial charge on any atom is 0.250 e. The molecule has 0 atom stereocenters. The molecule has 0 unspecified atom stereocenters. The summed E-state index contributed by atoms with van der Waals surface area (Å²) in [4.78, 5) is 24.9. The fourth-order valence-corrected chi connectivity index (χ4v) is 0.376. The van der Waals surface area contributed by atoms with Crippen molar-refractivity contribution in [1.82, 2.24) is 5.48 Å². The lowest BCUT2D eigenvalue weighted by Crippen LogP contribution is -2.23. The van der Waals surface area contributed by atoms with Gasteiger partial charge in [0, 0.05) is 0 Å². The monoisotopic (exact) mass is 131 g/mol. The molecule has 0 aromatic heterocycles. The molecule has 9 heavy (non-hydrogen) atoms. The van der Waals surface area contributed by atoms with Crippen molar-refractivity contribution in [2.45, 2.75) is 13.3 Å². The van der Waals surface area contributed by atoms with Gasteiger partial charge < -0.3 is 0 Å². The summed E-state index contributed by atoms with van der Waals surface area (Å²) < 4.78 is 0. The number of carbonyl (C=O) groups is 2. The molecule has 0 saturated carbocycles. The van der Waals surface area contributed by atoms with E-state index in [-0.39, 0.29) is 12.2 Å². The van der Waals surface area contributed by atoms with E-state index in [0.717, 1.165) is 0 Å². The highest BCUT2D eigenvalue weighted by Gasteiger charge is 2.01. The van der Waals surface area contributed by atoms with Gasteiger partial charge >= 0.3 is 0 Å². The molecule has 0 fully saturated rings. The van der Waals surface area contributed by atoms with E-state index in [1.807, 2.05) is 5.48 Å². The fraction of sp³-hybridized carbons (Fsp3) is 0.600. The van der Waals surface area contributed by atoms with Crippen LogP contribution in [0.1, 0.15) is 13.3 Å². The van der Waals surface area contributed by atoms with Crippen molar-refractivity contribution in [3.8, 4) is 0 Å². The van der Waals surface area contributed by atoms with Crippen molar-refractivity contribution in [2.75, 3.05) is 7.11 Å². The standard InChI is InChI=1S/C5H9NO3/c1-4(7)3-5(8)6-9-2/h3H2,1-2H3,(H,6,8). The lowest BCUT2D eigenvalue weighted by molar-refractivity contribution is -0.134. The van der Waals surface area contributed by atoms with Crippen molar-refractivity contribution in [2.24, 2.45) is 0 Å². The van der Waals surface area contributed by atoms with Gasteiger partial charge in [0.1, 0.15) is 5.78 Å². The van der Waals surface area contributed by atoms with Gasteiger partial charge in [-0.05, 0) is 6.92 Å². The lowest BCUT2D eigenvalue weighted by atomic mass is 10.3. The van der Waals surface area contributed by atoms with Crippen LogP contribution in [0.2, 0.25) is 0 Å². The minimum atomic E-state index is -0.412. The number of nitrogens with one attached hydrogen (secondary N) is 1. The van der Waals surface area contributed by atoms with Crippen molar-refractivity contribution in [3.63, 3.8) is 0 Å². The van der Waals surface area contributed by atoms with Gasteiger partial charge in [-0.2, -0.15) is 0 Å². The summed E-state index contributed by atoms with van der Waals surface area (Å²) in [7, 11) is 1.32. The SMILES string of the molecule is CONC(=O)CC(C)=O. The number of hydrogen-bond donors (Lipinski definition) is 1. The van der Waals surface area contributed by atoms with Crippen molar-refractivity contribution >= 4 is 11.7 Å². The molecule has 0 saturated heterocycles. The average Bonchev–Trinajstić information content (AvgIpc) is 1.63. The van der Waals surface area contributed by atoms with E-state index in [1.54, 1.807) is 0 Å². The van der Waals surface area contributed by atoms with Crippen LogP contribution in [0.3, 0.4) is 0 Å². The van der Waals surface area contributed by atoms with E-state index in [1.165, 1.54) is 14.0 Å². The zero-order valence-electron chi connectivity index (χ0n) is 5.43. The van der Waals surface area contributed by atoms with Gasteiger partial charge in [0.2, 0.25) is 0 Å². The Morgan fingerprint density at radius 1 is 1.56 bits per heavy atom. The Bertz CT molecular complexity index is 121. The first-order valence-electron chi connectivity index (χ1n) is 2.48. The Kier molecular flexibility index (Phi) is 3.62. The van der Waals surface area contributed by atoms with E-state index in [2.05, 4.69) is 4.84 Å². The second-order valence-electron chi connectivity index (χ2n) is 1.61. The zero-order chi connectivity index (χ0) is 7.28. The molecule has 0 aromatic carbocycles. The number of hydrogen-bond acceptors (Lipinski definition) is 3. The third-order valence-electron chi connectivity index (χ3n) is 0.625. The number of carbonyl (C=O) groups excluding carboxylic acids is 2. The first-order chi connectivity index (χ1) is 4.16. The molecule has 0 spiro atoms. The van der Waals surface area contributed by atoms with Crippen LogP contribution in [-0.4, -0.2) is 18.8 Å². The molecule has 1 amide bonds. The Labute approximate surface area is 53.1 Å². The van der Waals surface area contributed by atoms with Crippen LogP contribution in [-0.2, 0) is 14.4 Å². The Morgan fingerprint density at radius 2 is 2.11 bits per heavy atom. The Hall–Kier alpha value is -0.900. The molecule has 0 heterocycles. The second kappa shape index (κ2) is 4.03. The molecule has 0 rings (SSSR count). The number of rotatable bonds is 3. The van der Waals surface area contributed by atoms with Crippen LogP contribution < -0.4 is 5.48 Å². The molecule has 0 aliphatic heterocycles. The molecule has 0 aromatic rings. The van der Waals surface area contributed by atoms with Gasteiger partial charge in [-0.3, -0.25) is 14.4 Å². The summed E-state index contributed by atoms with van der Waals surface area (Å²) in [6.07, 6.45) is -0.117. The maximum absolute atomic E-state index is 10.4. The first kappa shape index (κ1) is 8.10. The number of ketones is 1. The van der Waals surface area contributed by atoms with Crippen LogP contribution in [0.5, 0.6) is 0 Å². The van der Waals surface area contributed by atoms with E-state index >= 15 is 0 Å². The van der Waals surface area contributed by atoms with E-state index in [9.17, 15) is 9.59 Å². The predicted molar refractivity (Wildman–Crippen MR) is 30.4 cm³/mol. The first-order valence-corrected chi connectivity index (χ1v) is 2.48. The summed E-state index contributed by atoms with van der Waals surface area (Å²) in [5.74, 6) is -0.588. The van der Waals surface area contributed by atoms with Gasteiger partial charge in [0.25, 0.3) is 5.91 Å². The van der Waals surface area contributed by atoms with E-state index < -0.39 is 5.91 Å². The highest BCUT2D eigenvalue weighted by atomic mass is 16.6. The molecule has 4 nitrogen and oxygen atoms in total. The van der Waals surface area contributed by atoms with Crippen molar-refractivity contribution in [3.05, 3.63) is 0 Å². The van der Waals surface area contributed by atoms with Gasteiger partial charge in [-0.15, -0.1) is 0 Å². The van der Waals surface area contributed by atoms with Gasteiger partial charge in [-0.1, -0.05) is 0 Å². The molecule has 1 N–H and O–H groups in total. The third kappa shape index (κ3) is 4.96. The molecular formula is C5H9NO3. The second-order valence-corrected chi connectivity index (χ2v) is 1.61. The summed E-state index contributed by atoms with van der Waals surface area (Å²) in [5, 5.41) is 0. The predicted octanol–water partition coefficient (Wildman–Crippen LogP) is -0.357. The number of amides is 1. The fourth-order valence-electron chi connectivity index (χ4n) is 0.376. The summed E-state index contributed by atoms with van der Waals surface area (Å²) in [6.45, 7) is 1.34. The normalized spacial score (nSPS) is 8.67. The van der Waals surface area contributed by atoms with Gasteiger partial charge in [0.05, 0.1) is 13.5 Å². The van der Waals surface area contributed by atoms with Crippen molar-refractivity contribution in [1.29, 1.82) is 0 Å². The maximum atomic E-state index is 10.4. The Morgan fingerprint density at radius 3 is 2.44 bits per heavy atom. The van der Waals surface area contributed by atoms with Crippen molar-refractivity contribution < 1.29 is 14.4 Å².